The summed E-state index contributed by atoms with van der Waals surface area (Å²) in [5, 5.41) is 15.5. The first-order valence-corrected chi connectivity index (χ1v) is 11.2. The van der Waals surface area contributed by atoms with Crippen LogP contribution < -0.4 is 9.47 Å². The molecule has 0 saturated heterocycles. The van der Waals surface area contributed by atoms with Crippen LogP contribution in [-0.4, -0.2) is 60.5 Å². The van der Waals surface area contributed by atoms with E-state index < -0.39 is 6.10 Å². The fourth-order valence-corrected chi connectivity index (χ4v) is 3.98. The standard InChI is InChI=1S/C24H29ClN2O5/c1-16(2)29-14-19(28)12-27(11-18-5-3-4-6-21(18)25)13-20-10-22(26-32-20)17-7-8-23-24(9-17)31-15-30-23/h3-9,16,19-20,28H,10-15H2,1-2H3. The van der Waals surface area contributed by atoms with Crippen LogP contribution >= 0.6 is 11.6 Å². The van der Waals surface area contributed by atoms with Crippen molar-refractivity contribution < 1.29 is 24.2 Å². The lowest BCUT2D eigenvalue weighted by Crippen LogP contribution is -2.39. The molecule has 2 atom stereocenters. The molecule has 0 spiro atoms. The first-order valence-electron chi connectivity index (χ1n) is 10.9. The summed E-state index contributed by atoms with van der Waals surface area (Å²) in [5.41, 5.74) is 2.83. The van der Waals surface area contributed by atoms with Gasteiger partial charge in [0.25, 0.3) is 0 Å². The second kappa shape index (κ2) is 10.5. The number of rotatable bonds is 10. The van der Waals surface area contributed by atoms with Gasteiger partial charge in [-0.15, -0.1) is 0 Å². The zero-order valence-electron chi connectivity index (χ0n) is 18.4. The predicted octanol–water partition coefficient (Wildman–Crippen LogP) is 3.85. The molecule has 2 heterocycles. The zero-order valence-corrected chi connectivity index (χ0v) is 19.1. The van der Waals surface area contributed by atoms with Gasteiger partial charge in [0.1, 0.15) is 6.10 Å². The van der Waals surface area contributed by atoms with Gasteiger partial charge in [-0.05, 0) is 43.7 Å². The third-order valence-corrected chi connectivity index (χ3v) is 5.71. The van der Waals surface area contributed by atoms with Crippen molar-refractivity contribution in [3.63, 3.8) is 0 Å². The molecule has 0 saturated carbocycles. The highest BCUT2D eigenvalue weighted by Crippen LogP contribution is 2.33. The Labute approximate surface area is 193 Å². The van der Waals surface area contributed by atoms with Gasteiger partial charge < -0.3 is 24.2 Å². The lowest BCUT2D eigenvalue weighted by atomic mass is 10.0. The van der Waals surface area contributed by atoms with Crippen LogP contribution in [0.1, 0.15) is 31.4 Å². The molecule has 2 aliphatic rings. The molecule has 0 bridgehead atoms. The number of oxime groups is 1. The Morgan fingerprint density at radius 2 is 2.00 bits per heavy atom. The Kier molecular flexibility index (Phi) is 7.52. The summed E-state index contributed by atoms with van der Waals surface area (Å²) in [6.45, 7) is 6.06. The van der Waals surface area contributed by atoms with Gasteiger partial charge in [0.2, 0.25) is 6.79 Å². The summed E-state index contributed by atoms with van der Waals surface area (Å²) >= 11 is 6.38. The molecule has 2 aromatic carbocycles. The van der Waals surface area contributed by atoms with E-state index in [1.165, 1.54) is 0 Å². The Hall–Kier alpha value is -2.32. The number of hydrogen-bond donors (Lipinski definition) is 1. The first kappa shape index (κ1) is 22.9. The Balaban J connectivity index is 1.39. The van der Waals surface area contributed by atoms with Gasteiger partial charge in [0.15, 0.2) is 11.5 Å². The van der Waals surface area contributed by atoms with E-state index in [2.05, 4.69) is 10.1 Å². The van der Waals surface area contributed by atoms with Crippen LogP contribution in [0.25, 0.3) is 0 Å². The van der Waals surface area contributed by atoms with E-state index in [0.29, 0.717) is 31.1 Å². The largest absolute Gasteiger partial charge is 0.454 e. The maximum atomic E-state index is 10.5. The van der Waals surface area contributed by atoms with Crippen LogP contribution in [0.5, 0.6) is 11.5 Å². The number of ether oxygens (including phenoxy) is 3. The van der Waals surface area contributed by atoms with Crippen LogP contribution in [-0.2, 0) is 16.1 Å². The fourth-order valence-electron chi connectivity index (χ4n) is 3.79. The third kappa shape index (κ3) is 5.92. The van der Waals surface area contributed by atoms with Crippen molar-refractivity contribution in [3.8, 4) is 11.5 Å². The molecule has 2 aliphatic heterocycles. The number of aliphatic hydroxyl groups is 1. The Bertz CT molecular complexity index is 952. The highest BCUT2D eigenvalue weighted by molar-refractivity contribution is 6.31. The molecular formula is C24H29ClN2O5. The Morgan fingerprint density at radius 3 is 2.81 bits per heavy atom. The minimum atomic E-state index is -0.615. The predicted molar refractivity (Wildman–Crippen MR) is 122 cm³/mol. The van der Waals surface area contributed by atoms with Crippen molar-refractivity contribution in [2.75, 3.05) is 26.5 Å². The van der Waals surface area contributed by atoms with Crippen LogP contribution in [0, 0.1) is 0 Å². The number of hydrogen-bond acceptors (Lipinski definition) is 7. The molecule has 0 aliphatic carbocycles. The second-order valence-electron chi connectivity index (χ2n) is 8.36. The van der Waals surface area contributed by atoms with Crippen LogP contribution in [0.15, 0.2) is 47.6 Å². The van der Waals surface area contributed by atoms with E-state index in [1.54, 1.807) is 0 Å². The third-order valence-electron chi connectivity index (χ3n) is 5.34. The maximum absolute atomic E-state index is 10.5. The summed E-state index contributed by atoms with van der Waals surface area (Å²) in [6.07, 6.45) is -0.0128. The molecular weight excluding hydrogens is 432 g/mol. The topological polar surface area (TPSA) is 72.8 Å². The minimum Gasteiger partial charge on any atom is -0.454 e. The van der Waals surface area contributed by atoms with E-state index in [4.69, 9.17) is 30.6 Å². The lowest BCUT2D eigenvalue weighted by Gasteiger charge is -2.27. The van der Waals surface area contributed by atoms with Gasteiger partial charge in [-0.2, -0.15) is 0 Å². The average molecular weight is 461 g/mol. The van der Waals surface area contributed by atoms with Crippen molar-refractivity contribution in [1.29, 1.82) is 0 Å². The normalized spacial score (nSPS) is 18.2. The first-order chi connectivity index (χ1) is 15.5. The van der Waals surface area contributed by atoms with Gasteiger partial charge in [-0.1, -0.05) is 35.0 Å². The molecule has 172 valence electrons. The van der Waals surface area contributed by atoms with Gasteiger partial charge in [-0.25, -0.2) is 0 Å². The molecule has 32 heavy (non-hydrogen) atoms. The molecule has 4 rings (SSSR count). The van der Waals surface area contributed by atoms with Gasteiger partial charge in [0.05, 0.1) is 24.5 Å². The molecule has 8 heteroatoms. The summed E-state index contributed by atoms with van der Waals surface area (Å²) < 4.78 is 16.4. The van der Waals surface area contributed by atoms with Crippen molar-refractivity contribution >= 4 is 17.3 Å². The zero-order chi connectivity index (χ0) is 22.5. The van der Waals surface area contributed by atoms with Crippen molar-refractivity contribution in [2.45, 2.75) is 45.1 Å². The molecule has 0 radical (unpaired) electrons. The van der Waals surface area contributed by atoms with E-state index in [0.717, 1.165) is 28.3 Å². The summed E-state index contributed by atoms with van der Waals surface area (Å²) in [5.74, 6) is 1.47. The summed E-state index contributed by atoms with van der Waals surface area (Å²) in [4.78, 5) is 7.88. The van der Waals surface area contributed by atoms with Crippen molar-refractivity contribution in [2.24, 2.45) is 5.16 Å². The van der Waals surface area contributed by atoms with Crippen LogP contribution in [0.4, 0.5) is 0 Å². The molecule has 1 N–H and O–H groups in total. The molecule has 0 aromatic heterocycles. The number of aliphatic hydroxyl groups excluding tert-OH is 1. The van der Waals surface area contributed by atoms with E-state index in [-0.39, 0.29) is 25.6 Å². The highest BCUT2D eigenvalue weighted by atomic mass is 35.5. The average Bonchev–Trinajstić information content (AvgIpc) is 3.42. The molecule has 0 fully saturated rings. The number of nitrogens with zero attached hydrogens (tertiary/aromatic N) is 2. The molecule has 2 aromatic rings. The van der Waals surface area contributed by atoms with E-state index in [1.807, 2.05) is 56.3 Å². The molecule has 0 amide bonds. The van der Waals surface area contributed by atoms with Crippen LogP contribution in [0.2, 0.25) is 5.02 Å². The minimum absolute atomic E-state index is 0.0671. The SMILES string of the molecule is CC(C)OCC(O)CN(Cc1ccccc1Cl)CC1CC(c2ccc3c(c2)OCO3)=NO1. The van der Waals surface area contributed by atoms with Crippen molar-refractivity contribution in [3.05, 3.63) is 58.6 Å². The monoisotopic (exact) mass is 460 g/mol. The second-order valence-corrected chi connectivity index (χ2v) is 8.77. The number of halogens is 1. The van der Waals surface area contributed by atoms with Crippen LogP contribution in [0.3, 0.4) is 0 Å². The Morgan fingerprint density at radius 1 is 1.19 bits per heavy atom. The summed E-state index contributed by atoms with van der Waals surface area (Å²) in [6, 6.07) is 13.5. The van der Waals surface area contributed by atoms with Gasteiger partial charge in [-0.3, -0.25) is 4.90 Å². The van der Waals surface area contributed by atoms with E-state index >= 15 is 0 Å². The molecule has 7 nitrogen and oxygen atoms in total. The fraction of sp³-hybridized carbons (Fsp3) is 0.458. The van der Waals surface area contributed by atoms with Crippen molar-refractivity contribution in [1.82, 2.24) is 4.90 Å². The van der Waals surface area contributed by atoms with Gasteiger partial charge in [0, 0.05) is 36.6 Å². The summed E-state index contributed by atoms with van der Waals surface area (Å²) in [7, 11) is 0. The lowest BCUT2D eigenvalue weighted by molar-refractivity contribution is -0.0194. The highest BCUT2D eigenvalue weighted by Gasteiger charge is 2.27. The smallest absolute Gasteiger partial charge is 0.231 e. The maximum Gasteiger partial charge on any atom is 0.231 e. The molecule has 2 unspecified atom stereocenters. The van der Waals surface area contributed by atoms with Gasteiger partial charge >= 0.3 is 0 Å². The number of fused-ring (bicyclic) bond motifs is 1. The number of benzene rings is 2. The van der Waals surface area contributed by atoms with E-state index in [9.17, 15) is 5.11 Å². The quantitative estimate of drug-likeness (QED) is 0.580.